The zero-order valence-electron chi connectivity index (χ0n) is 16.8. The van der Waals surface area contributed by atoms with Crippen LogP contribution in [0.15, 0.2) is 36.9 Å². The third-order valence-corrected chi connectivity index (χ3v) is 5.16. The Kier molecular flexibility index (Phi) is 4.38. The fraction of sp³-hybridized carbons (Fsp3) is 0.300. The van der Waals surface area contributed by atoms with Crippen LogP contribution in [-0.4, -0.2) is 53.3 Å². The SMILES string of the molecule is Cc1cncc(-c2cnn(C)c2C(=O)Nc2ccn3nc(N4CCCC4)nc3c2)n1. The van der Waals surface area contributed by atoms with Crippen molar-refractivity contribution < 1.29 is 4.79 Å². The summed E-state index contributed by atoms with van der Waals surface area (Å²) < 4.78 is 3.26. The van der Waals surface area contributed by atoms with E-state index in [0.717, 1.165) is 37.6 Å². The molecule has 0 atom stereocenters. The van der Waals surface area contributed by atoms with Crippen LogP contribution in [0.25, 0.3) is 16.9 Å². The molecule has 0 aromatic carbocycles. The lowest BCUT2D eigenvalue weighted by Gasteiger charge is -2.10. The maximum atomic E-state index is 13.1. The molecule has 0 bridgehead atoms. The summed E-state index contributed by atoms with van der Waals surface area (Å²) in [5.74, 6) is 0.444. The molecule has 1 aliphatic heterocycles. The number of hydrogen-bond donors (Lipinski definition) is 1. The summed E-state index contributed by atoms with van der Waals surface area (Å²) in [6.07, 6.45) is 9.05. The zero-order chi connectivity index (χ0) is 20.7. The lowest BCUT2D eigenvalue weighted by molar-refractivity contribution is 0.101. The first kappa shape index (κ1) is 18.2. The molecule has 10 nitrogen and oxygen atoms in total. The molecule has 0 spiro atoms. The number of hydrogen-bond acceptors (Lipinski definition) is 7. The van der Waals surface area contributed by atoms with Crippen molar-refractivity contribution in [2.45, 2.75) is 19.8 Å². The number of carbonyl (C=O) groups excluding carboxylic acids is 1. The lowest BCUT2D eigenvalue weighted by Crippen LogP contribution is -2.19. The second-order valence-electron chi connectivity index (χ2n) is 7.35. The van der Waals surface area contributed by atoms with Crippen LogP contribution in [0, 0.1) is 6.92 Å². The summed E-state index contributed by atoms with van der Waals surface area (Å²) in [5.41, 5.74) is 3.74. The minimum Gasteiger partial charge on any atom is -0.340 e. The zero-order valence-corrected chi connectivity index (χ0v) is 16.8. The summed E-state index contributed by atoms with van der Waals surface area (Å²) in [5, 5.41) is 11.7. The third kappa shape index (κ3) is 3.25. The van der Waals surface area contributed by atoms with Gasteiger partial charge in [0.15, 0.2) is 5.65 Å². The number of aromatic nitrogens is 7. The minimum atomic E-state index is -0.281. The van der Waals surface area contributed by atoms with E-state index in [-0.39, 0.29) is 5.91 Å². The summed E-state index contributed by atoms with van der Waals surface area (Å²) in [4.78, 5) is 28.5. The Morgan fingerprint density at radius 2 is 1.97 bits per heavy atom. The second-order valence-corrected chi connectivity index (χ2v) is 7.35. The average Bonchev–Trinajstić information content (AvgIpc) is 3.46. The van der Waals surface area contributed by atoms with Crippen LogP contribution in [0.1, 0.15) is 29.0 Å². The van der Waals surface area contributed by atoms with E-state index < -0.39 is 0 Å². The number of anilines is 2. The minimum absolute atomic E-state index is 0.281. The summed E-state index contributed by atoms with van der Waals surface area (Å²) in [6.45, 7) is 3.81. The summed E-state index contributed by atoms with van der Waals surface area (Å²) >= 11 is 0. The monoisotopic (exact) mass is 403 g/mol. The second kappa shape index (κ2) is 7.21. The molecule has 1 N–H and O–H groups in total. The van der Waals surface area contributed by atoms with Gasteiger partial charge in [-0.15, -0.1) is 5.10 Å². The predicted molar refractivity (Wildman–Crippen MR) is 111 cm³/mol. The third-order valence-electron chi connectivity index (χ3n) is 5.16. The maximum Gasteiger partial charge on any atom is 0.274 e. The molecule has 5 heterocycles. The van der Waals surface area contributed by atoms with Crippen molar-refractivity contribution >= 4 is 23.2 Å². The van der Waals surface area contributed by atoms with Gasteiger partial charge in [-0.1, -0.05) is 0 Å². The normalized spacial score (nSPS) is 13.9. The van der Waals surface area contributed by atoms with Crippen LogP contribution in [0.3, 0.4) is 0 Å². The van der Waals surface area contributed by atoms with Gasteiger partial charge in [0.2, 0.25) is 5.95 Å². The molecule has 1 fully saturated rings. The van der Waals surface area contributed by atoms with Crippen LogP contribution in [0.2, 0.25) is 0 Å². The Morgan fingerprint density at radius 3 is 2.77 bits per heavy atom. The van der Waals surface area contributed by atoms with E-state index in [4.69, 9.17) is 0 Å². The number of nitrogens with one attached hydrogen (secondary N) is 1. The highest BCUT2D eigenvalue weighted by molar-refractivity contribution is 6.07. The molecule has 0 radical (unpaired) electrons. The largest absolute Gasteiger partial charge is 0.340 e. The quantitative estimate of drug-likeness (QED) is 0.556. The van der Waals surface area contributed by atoms with E-state index in [2.05, 4.69) is 35.4 Å². The predicted octanol–water partition coefficient (Wildman–Crippen LogP) is 2.08. The first-order valence-corrected chi connectivity index (χ1v) is 9.82. The molecular weight excluding hydrogens is 382 g/mol. The fourth-order valence-corrected chi connectivity index (χ4v) is 3.68. The average molecular weight is 403 g/mol. The van der Waals surface area contributed by atoms with Crippen LogP contribution in [-0.2, 0) is 7.05 Å². The number of carbonyl (C=O) groups is 1. The first-order valence-electron chi connectivity index (χ1n) is 9.82. The van der Waals surface area contributed by atoms with Crippen molar-refractivity contribution in [3.8, 4) is 11.3 Å². The van der Waals surface area contributed by atoms with Crippen molar-refractivity contribution in [1.29, 1.82) is 0 Å². The van der Waals surface area contributed by atoms with Gasteiger partial charge in [-0.2, -0.15) is 10.1 Å². The number of aryl methyl sites for hydroxylation is 2. The van der Waals surface area contributed by atoms with Gasteiger partial charge >= 0.3 is 0 Å². The van der Waals surface area contributed by atoms with Crippen molar-refractivity contribution in [3.05, 3.63) is 48.3 Å². The van der Waals surface area contributed by atoms with Crippen molar-refractivity contribution in [2.24, 2.45) is 7.05 Å². The molecule has 1 amide bonds. The van der Waals surface area contributed by atoms with E-state index in [0.29, 0.717) is 28.3 Å². The van der Waals surface area contributed by atoms with Crippen LogP contribution >= 0.6 is 0 Å². The number of nitrogens with zero attached hydrogens (tertiary/aromatic N) is 8. The molecule has 4 aromatic heterocycles. The maximum absolute atomic E-state index is 13.1. The van der Waals surface area contributed by atoms with E-state index >= 15 is 0 Å². The van der Waals surface area contributed by atoms with Gasteiger partial charge in [0.25, 0.3) is 5.91 Å². The topological polar surface area (TPSA) is 106 Å². The molecule has 30 heavy (non-hydrogen) atoms. The van der Waals surface area contributed by atoms with Crippen LogP contribution < -0.4 is 10.2 Å². The highest BCUT2D eigenvalue weighted by Gasteiger charge is 2.21. The number of amides is 1. The Bertz CT molecular complexity index is 1240. The Hall–Kier alpha value is -3.82. The van der Waals surface area contributed by atoms with Crippen LogP contribution in [0.4, 0.5) is 11.6 Å². The lowest BCUT2D eigenvalue weighted by atomic mass is 10.1. The molecule has 152 valence electrons. The molecule has 1 aliphatic rings. The van der Waals surface area contributed by atoms with E-state index in [1.54, 1.807) is 42.4 Å². The molecule has 5 rings (SSSR count). The first-order chi connectivity index (χ1) is 14.6. The van der Waals surface area contributed by atoms with Gasteiger partial charge in [0.1, 0.15) is 5.69 Å². The Balaban J connectivity index is 1.43. The molecule has 4 aromatic rings. The number of rotatable bonds is 4. The fourth-order valence-electron chi connectivity index (χ4n) is 3.68. The number of pyridine rings is 1. The van der Waals surface area contributed by atoms with Gasteiger partial charge in [-0.05, 0) is 25.8 Å². The highest BCUT2D eigenvalue weighted by atomic mass is 16.2. The van der Waals surface area contributed by atoms with Crippen LogP contribution in [0.5, 0.6) is 0 Å². The molecule has 0 saturated carbocycles. The smallest absolute Gasteiger partial charge is 0.274 e. The van der Waals surface area contributed by atoms with Crippen molar-refractivity contribution in [1.82, 2.24) is 34.3 Å². The van der Waals surface area contributed by atoms with E-state index in [1.165, 1.54) is 4.68 Å². The van der Waals surface area contributed by atoms with Crippen molar-refractivity contribution in [3.63, 3.8) is 0 Å². The number of fused-ring (bicyclic) bond motifs is 1. The van der Waals surface area contributed by atoms with Gasteiger partial charge in [-0.25, -0.2) is 9.50 Å². The van der Waals surface area contributed by atoms with Crippen molar-refractivity contribution in [2.75, 3.05) is 23.3 Å². The van der Waals surface area contributed by atoms with Gasteiger partial charge < -0.3 is 10.2 Å². The Labute approximate surface area is 172 Å². The molecule has 0 unspecified atom stereocenters. The molecular formula is C20H21N9O. The van der Waals surface area contributed by atoms with E-state index in [9.17, 15) is 4.79 Å². The van der Waals surface area contributed by atoms with Gasteiger partial charge in [0, 0.05) is 44.3 Å². The standard InChI is InChI=1S/C20H21N9O/c1-13-10-21-12-16(23-13)15-11-22-27(2)18(15)19(30)24-14-5-8-29-17(9-14)25-20(26-29)28-6-3-4-7-28/h5,8-12H,3-4,6-7H2,1-2H3,(H,24,30). The molecule has 0 aliphatic carbocycles. The molecule has 1 saturated heterocycles. The molecule has 10 heteroatoms. The van der Waals surface area contributed by atoms with E-state index in [1.807, 2.05) is 13.0 Å². The summed E-state index contributed by atoms with van der Waals surface area (Å²) in [6, 6.07) is 3.61. The summed E-state index contributed by atoms with van der Waals surface area (Å²) in [7, 11) is 1.73. The van der Waals surface area contributed by atoms with Gasteiger partial charge in [0.05, 0.1) is 29.3 Å². The highest BCUT2D eigenvalue weighted by Crippen LogP contribution is 2.23. The Morgan fingerprint density at radius 1 is 1.13 bits per heavy atom. The van der Waals surface area contributed by atoms with Gasteiger partial charge in [-0.3, -0.25) is 14.5 Å².